The molecule has 1 aromatic carbocycles. The van der Waals surface area contributed by atoms with Gasteiger partial charge in [0.1, 0.15) is 13.6 Å². The van der Waals surface area contributed by atoms with E-state index in [1.807, 2.05) is 33.0 Å². The first-order chi connectivity index (χ1) is 5.24. The normalized spacial score (nSPS) is 9.64. The molecule has 0 fully saturated rings. The van der Waals surface area contributed by atoms with Crippen molar-refractivity contribution in [3.63, 3.8) is 0 Å². The van der Waals surface area contributed by atoms with Gasteiger partial charge in [-0.15, -0.1) is 0 Å². The summed E-state index contributed by atoms with van der Waals surface area (Å²) in [4.78, 5) is 0. The van der Waals surface area contributed by atoms with E-state index in [1.54, 1.807) is 0 Å². The SMILES string of the molecule is Bc1ccc(OCC)cc1Cl. The summed E-state index contributed by atoms with van der Waals surface area (Å²) < 4.78 is 5.26. The molecule has 0 saturated carbocycles. The number of hydrogen-bond acceptors (Lipinski definition) is 1. The smallest absolute Gasteiger partial charge is 0.141 e. The van der Waals surface area contributed by atoms with Crippen LogP contribution in [0.25, 0.3) is 0 Å². The molecule has 0 aliphatic carbocycles. The number of ether oxygens (including phenoxy) is 1. The Labute approximate surface area is 72.7 Å². The van der Waals surface area contributed by atoms with Gasteiger partial charge in [-0.2, -0.15) is 0 Å². The molecule has 0 amide bonds. The second kappa shape index (κ2) is 3.68. The summed E-state index contributed by atoms with van der Waals surface area (Å²) in [6.45, 7) is 2.63. The first-order valence-corrected chi connectivity index (χ1v) is 4.00. The van der Waals surface area contributed by atoms with Gasteiger partial charge in [-0.25, -0.2) is 0 Å². The van der Waals surface area contributed by atoms with Crippen molar-refractivity contribution >= 4 is 24.9 Å². The molecule has 11 heavy (non-hydrogen) atoms. The minimum absolute atomic E-state index is 0.680. The van der Waals surface area contributed by atoms with Crippen molar-refractivity contribution in [3.8, 4) is 5.75 Å². The zero-order chi connectivity index (χ0) is 8.27. The van der Waals surface area contributed by atoms with Crippen LogP contribution in [0.15, 0.2) is 18.2 Å². The van der Waals surface area contributed by atoms with Crippen molar-refractivity contribution in [1.29, 1.82) is 0 Å². The summed E-state index contributed by atoms with van der Waals surface area (Å²) in [6, 6.07) is 5.71. The summed E-state index contributed by atoms with van der Waals surface area (Å²) in [5.41, 5.74) is 1.08. The highest BCUT2D eigenvalue weighted by atomic mass is 35.5. The topological polar surface area (TPSA) is 9.23 Å². The Morgan fingerprint density at radius 2 is 2.27 bits per heavy atom. The lowest BCUT2D eigenvalue weighted by atomic mass is 9.96. The first kappa shape index (κ1) is 8.47. The van der Waals surface area contributed by atoms with Gasteiger partial charge in [0, 0.05) is 5.02 Å². The van der Waals surface area contributed by atoms with E-state index in [1.165, 1.54) is 0 Å². The fourth-order valence-corrected chi connectivity index (χ4v) is 1.00. The van der Waals surface area contributed by atoms with Gasteiger partial charge in [-0.05, 0) is 19.1 Å². The van der Waals surface area contributed by atoms with Gasteiger partial charge in [0.15, 0.2) is 0 Å². The van der Waals surface area contributed by atoms with E-state index in [9.17, 15) is 0 Å². The molecule has 0 N–H and O–H groups in total. The molecule has 0 radical (unpaired) electrons. The molecule has 0 bridgehead atoms. The Hall–Kier alpha value is -0.625. The van der Waals surface area contributed by atoms with Crippen molar-refractivity contribution < 1.29 is 4.74 Å². The molecule has 0 heterocycles. The number of hydrogen-bond donors (Lipinski definition) is 0. The third kappa shape index (κ3) is 2.16. The summed E-state index contributed by atoms with van der Waals surface area (Å²) in [5, 5.41) is 0.760. The van der Waals surface area contributed by atoms with Gasteiger partial charge in [0.2, 0.25) is 0 Å². The Morgan fingerprint density at radius 1 is 1.55 bits per heavy atom. The van der Waals surface area contributed by atoms with Crippen molar-refractivity contribution in [2.75, 3.05) is 6.61 Å². The Kier molecular flexibility index (Phi) is 2.83. The molecule has 1 aromatic rings. The van der Waals surface area contributed by atoms with Gasteiger partial charge >= 0.3 is 0 Å². The van der Waals surface area contributed by atoms with Crippen LogP contribution in [0, 0.1) is 0 Å². The van der Waals surface area contributed by atoms with Gasteiger partial charge in [-0.3, -0.25) is 0 Å². The highest BCUT2D eigenvalue weighted by molar-refractivity contribution is 6.45. The molecule has 3 heteroatoms. The monoisotopic (exact) mass is 168 g/mol. The summed E-state index contributed by atoms with van der Waals surface area (Å²) in [5.74, 6) is 0.836. The predicted octanol–water partition coefficient (Wildman–Crippen LogP) is 0.997. The van der Waals surface area contributed by atoms with E-state index in [0.717, 1.165) is 16.2 Å². The number of benzene rings is 1. The van der Waals surface area contributed by atoms with Crippen LogP contribution in [0.2, 0.25) is 5.02 Å². The lowest BCUT2D eigenvalue weighted by molar-refractivity contribution is 0.340. The standard InChI is InChI=1S/C8H10BClO/c1-2-11-6-3-4-7(9)8(10)5-6/h3-5H,2,9H2,1H3. The highest BCUT2D eigenvalue weighted by Gasteiger charge is 1.96. The molecule has 0 aliphatic heterocycles. The van der Waals surface area contributed by atoms with Crippen LogP contribution in [0.3, 0.4) is 0 Å². The third-order valence-electron chi connectivity index (χ3n) is 1.45. The molecule has 0 aliphatic rings. The van der Waals surface area contributed by atoms with Crippen LogP contribution >= 0.6 is 11.6 Å². The maximum atomic E-state index is 5.87. The lowest BCUT2D eigenvalue weighted by Crippen LogP contribution is -2.03. The average Bonchev–Trinajstić information content (AvgIpc) is 1.98. The minimum atomic E-state index is 0.680. The van der Waals surface area contributed by atoms with Crippen molar-refractivity contribution in [2.24, 2.45) is 0 Å². The second-order valence-electron chi connectivity index (χ2n) is 2.34. The second-order valence-corrected chi connectivity index (χ2v) is 2.75. The van der Waals surface area contributed by atoms with Crippen molar-refractivity contribution in [1.82, 2.24) is 0 Å². The van der Waals surface area contributed by atoms with Crippen LogP contribution in [0.4, 0.5) is 0 Å². The van der Waals surface area contributed by atoms with E-state index >= 15 is 0 Å². The largest absolute Gasteiger partial charge is 0.494 e. The van der Waals surface area contributed by atoms with Crippen LogP contribution in [0.1, 0.15) is 6.92 Å². The minimum Gasteiger partial charge on any atom is -0.494 e. The average molecular weight is 168 g/mol. The van der Waals surface area contributed by atoms with Crippen molar-refractivity contribution in [2.45, 2.75) is 6.92 Å². The van der Waals surface area contributed by atoms with Crippen molar-refractivity contribution in [3.05, 3.63) is 23.2 Å². The number of halogens is 1. The van der Waals surface area contributed by atoms with Gasteiger partial charge in [0.05, 0.1) is 6.61 Å². The number of rotatable bonds is 2. The van der Waals surface area contributed by atoms with Gasteiger partial charge in [0.25, 0.3) is 0 Å². The molecule has 0 spiro atoms. The predicted molar refractivity (Wildman–Crippen MR) is 50.8 cm³/mol. The van der Waals surface area contributed by atoms with E-state index in [2.05, 4.69) is 0 Å². The lowest BCUT2D eigenvalue weighted by Gasteiger charge is -2.03. The zero-order valence-corrected chi connectivity index (χ0v) is 7.48. The molecule has 0 unspecified atom stereocenters. The maximum absolute atomic E-state index is 5.87. The molecular weight excluding hydrogens is 158 g/mol. The summed E-state index contributed by atoms with van der Waals surface area (Å²) in [7, 11) is 1.97. The van der Waals surface area contributed by atoms with Crippen LogP contribution in [-0.2, 0) is 0 Å². The van der Waals surface area contributed by atoms with E-state index in [-0.39, 0.29) is 0 Å². The van der Waals surface area contributed by atoms with Crippen LogP contribution in [0.5, 0.6) is 5.75 Å². The molecule has 1 nitrogen and oxygen atoms in total. The quantitative estimate of drug-likeness (QED) is 0.599. The van der Waals surface area contributed by atoms with Crippen LogP contribution in [-0.4, -0.2) is 14.5 Å². The molecular formula is C8H10BClO. The Bertz CT molecular complexity index is 250. The summed E-state index contributed by atoms with van der Waals surface area (Å²) in [6.07, 6.45) is 0. The van der Waals surface area contributed by atoms with Gasteiger partial charge in [-0.1, -0.05) is 23.1 Å². The van der Waals surface area contributed by atoms with E-state index in [4.69, 9.17) is 16.3 Å². The van der Waals surface area contributed by atoms with Gasteiger partial charge < -0.3 is 4.74 Å². The Balaban J connectivity index is 2.86. The summed E-state index contributed by atoms with van der Waals surface area (Å²) >= 11 is 5.87. The molecule has 0 atom stereocenters. The third-order valence-corrected chi connectivity index (χ3v) is 1.86. The molecule has 58 valence electrons. The molecule has 0 saturated heterocycles. The molecule has 0 aromatic heterocycles. The Morgan fingerprint density at radius 3 is 2.82 bits per heavy atom. The first-order valence-electron chi connectivity index (χ1n) is 3.63. The fourth-order valence-electron chi connectivity index (χ4n) is 0.830. The maximum Gasteiger partial charge on any atom is 0.141 e. The van der Waals surface area contributed by atoms with E-state index < -0.39 is 0 Å². The fraction of sp³-hybridized carbons (Fsp3) is 0.250. The highest BCUT2D eigenvalue weighted by Crippen LogP contribution is 2.14. The van der Waals surface area contributed by atoms with Crippen LogP contribution < -0.4 is 10.2 Å². The molecule has 1 rings (SSSR count). The zero-order valence-electron chi connectivity index (χ0n) is 6.73. The van der Waals surface area contributed by atoms with E-state index in [0.29, 0.717) is 6.61 Å².